The first-order chi connectivity index (χ1) is 8.97. The molecule has 0 aliphatic rings. The summed E-state index contributed by atoms with van der Waals surface area (Å²) in [7, 11) is 0. The highest BCUT2D eigenvalue weighted by Crippen LogP contribution is 2.24. The number of hydrogen-bond acceptors (Lipinski definition) is 2. The van der Waals surface area contributed by atoms with Crippen molar-refractivity contribution in [1.29, 1.82) is 0 Å². The van der Waals surface area contributed by atoms with Gasteiger partial charge in [0.2, 0.25) is 0 Å². The molecule has 0 heterocycles. The second kappa shape index (κ2) is 5.40. The highest BCUT2D eigenvalue weighted by Gasteiger charge is 2.13. The third-order valence-corrected chi connectivity index (χ3v) is 3.26. The van der Waals surface area contributed by atoms with Crippen molar-refractivity contribution < 1.29 is 9.18 Å². The van der Waals surface area contributed by atoms with Gasteiger partial charge in [0.25, 0.3) is 5.91 Å². The number of aryl methyl sites for hydroxylation is 1. The second-order valence-corrected chi connectivity index (χ2v) is 5.03. The smallest absolute Gasteiger partial charge is 0.256 e. The molecule has 0 bridgehead atoms. The Morgan fingerprint density at radius 2 is 2.05 bits per heavy atom. The zero-order valence-corrected chi connectivity index (χ0v) is 11.8. The number of nitrogens with one attached hydrogen (secondary N) is 1. The monoisotopic (exact) mass is 322 g/mol. The third-order valence-electron chi connectivity index (χ3n) is 2.61. The van der Waals surface area contributed by atoms with Crippen LogP contribution in [0.15, 0.2) is 40.9 Å². The average molecular weight is 323 g/mol. The van der Waals surface area contributed by atoms with E-state index in [1.54, 1.807) is 6.07 Å². The van der Waals surface area contributed by atoms with Gasteiger partial charge in [0.05, 0.1) is 11.3 Å². The van der Waals surface area contributed by atoms with E-state index in [-0.39, 0.29) is 11.6 Å². The SMILES string of the molecule is Cc1cccc(NC(=O)c2cc(N)c(F)cc2Br)c1. The average Bonchev–Trinajstić information content (AvgIpc) is 2.33. The summed E-state index contributed by atoms with van der Waals surface area (Å²) in [5.74, 6) is -0.900. The van der Waals surface area contributed by atoms with E-state index in [1.807, 2.05) is 25.1 Å². The molecule has 19 heavy (non-hydrogen) atoms. The molecule has 0 unspecified atom stereocenters. The number of rotatable bonds is 2. The number of nitrogens with two attached hydrogens (primary N) is 1. The predicted molar refractivity (Wildman–Crippen MR) is 77.6 cm³/mol. The van der Waals surface area contributed by atoms with Crippen LogP contribution in [-0.2, 0) is 0 Å². The van der Waals surface area contributed by atoms with Gasteiger partial charge in [-0.05, 0) is 52.7 Å². The fraction of sp³-hybridized carbons (Fsp3) is 0.0714. The number of halogens is 2. The van der Waals surface area contributed by atoms with E-state index in [2.05, 4.69) is 21.2 Å². The van der Waals surface area contributed by atoms with Crippen LogP contribution in [0.1, 0.15) is 15.9 Å². The molecular formula is C14H12BrFN2O. The number of nitrogen functional groups attached to an aromatic ring is 1. The summed E-state index contributed by atoms with van der Waals surface area (Å²) in [5, 5.41) is 2.74. The maximum absolute atomic E-state index is 13.2. The summed E-state index contributed by atoms with van der Waals surface area (Å²) < 4.78 is 13.6. The molecule has 2 aromatic rings. The fourth-order valence-corrected chi connectivity index (χ4v) is 2.16. The van der Waals surface area contributed by atoms with Gasteiger partial charge in [0.1, 0.15) is 5.82 Å². The lowest BCUT2D eigenvalue weighted by atomic mass is 10.1. The lowest BCUT2D eigenvalue weighted by Crippen LogP contribution is -2.13. The van der Waals surface area contributed by atoms with Gasteiger partial charge in [-0.3, -0.25) is 4.79 Å². The largest absolute Gasteiger partial charge is 0.396 e. The summed E-state index contributed by atoms with van der Waals surface area (Å²) in [6, 6.07) is 9.90. The van der Waals surface area contributed by atoms with Crippen LogP contribution in [0.25, 0.3) is 0 Å². The van der Waals surface area contributed by atoms with E-state index in [0.717, 1.165) is 5.56 Å². The standard InChI is InChI=1S/C14H12BrFN2O/c1-8-3-2-4-9(5-8)18-14(19)10-6-13(17)12(16)7-11(10)15/h2-7H,17H2,1H3,(H,18,19). The van der Waals surface area contributed by atoms with Crippen LogP contribution in [0.2, 0.25) is 0 Å². The topological polar surface area (TPSA) is 55.1 Å². The molecule has 0 aliphatic carbocycles. The minimum Gasteiger partial charge on any atom is -0.396 e. The molecule has 3 nitrogen and oxygen atoms in total. The Bertz CT molecular complexity index is 643. The summed E-state index contributed by atoms with van der Waals surface area (Å²) in [5.41, 5.74) is 7.42. The van der Waals surface area contributed by atoms with Gasteiger partial charge in [0.15, 0.2) is 0 Å². The first-order valence-electron chi connectivity index (χ1n) is 5.60. The van der Waals surface area contributed by atoms with Crippen LogP contribution < -0.4 is 11.1 Å². The van der Waals surface area contributed by atoms with Crippen molar-refractivity contribution in [1.82, 2.24) is 0 Å². The van der Waals surface area contributed by atoms with Gasteiger partial charge in [0, 0.05) is 10.2 Å². The van der Waals surface area contributed by atoms with E-state index in [1.165, 1.54) is 12.1 Å². The highest BCUT2D eigenvalue weighted by atomic mass is 79.9. The second-order valence-electron chi connectivity index (χ2n) is 4.18. The van der Waals surface area contributed by atoms with Crippen LogP contribution in [0.5, 0.6) is 0 Å². The first kappa shape index (κ1) is 13.5. The Morgan fingerprint density at radius 3 is 2.74 bits per heavy atom. The van der Waals surface area contributed by atoms with Gasteiger partial charge in [-0.1, -0.05) is 12.1 Å². The summed E-state index contributed by atoms with van der Waals surface area (Å²) in [6.45, 7) is 1.93. The summed E-state index contributed by atoms with van der Waals surface area (Å²) in [4.78, 5) is 12.1. The van der Waals surface area contributed by atoms with Crippen molar-refractivity contribution in [2.75, 3.05) is 11.1 Å². The van der Waals surface area contributed by atoms with Crippen molar-refractivity contribution in [3.8, 4) is 0 Å². The zero-order chi connectivity index (χ0) is 14.0. The van der Waals surface area contributed by atoms with Crippen LogP contribution in [-0.4, -0.2) is 5.91 Å². The Hall–Kier alpha value is -1.88. The molecule has 5 heteroatoms. The molecule has 0 spiro atoms. The number of amides is 1. The highest BCUT2D eigenvalue weighted by molar-refractivity contribution is 9.10. The van der Waals surface area contributed by atoms with Crippen molar-refractivity contribution in [2.24, 2.45) is 0 Å². The Kier molecular flexibility index (Phi) is 3.85. The number of carbonyl (C=O) groups is 1. The lowest BCUT2D eigenvalue weighted by Gasteiger charge is -2.09. The predicted octanol–water partition coefficient (Wildman–Crippen LogP) is 3.73. The number of hydrogen-bond donors (Lipinski definition) is 2. The summed E-state index contributed by atoms with van der Waals surface area (Å²) >= 11 is 3.15. The van der Waals surface area contributed by atoms with Gasteiger partial charge in [-0.2, -0.15) is 0 Å². The van der Waals surface area contributed by atoms with Crippen molar-refractivity contribution in [2.45, 2.75) is 6.92 Å². The Morgan fingerprint density at radius 1 is 1.32 bits per heavy atom. The van der Waals surface area contributed by atoms with Crippen molar-refractivity contribution in [3.05, 3.63) is 57.8 Å². The van der Waals surface area contributed by atoms with E-state index in [4.69, 9.17) is 5.73 Å². The molecular weight excluding hydrogens is 311 g/mol. The lowest BCUT2D eigenvalue weighted by molar-refractivity contribution is 0.102. The Labute approximate surface area is 118 Å². The minimum atomic E-state index is -0.556. The van der Waals surface area contributed by atoms with E-state index in [9.17, 15) is 9.18 Å². The fourth-order valence-electron chi connectivity index (χ4n) is 1.66. The van der Waals surface area contributed by atoms with Crippen molar-refractivity contribution >= 4 is 33.2 Å². The van der Waals surface area contributed by atoms with E-state index < -0.39 is 5.82 Å². The van der Waals surface area contributed by atoms with Crippen LogP contribution in [0, 0.1) is 12.7 Å². The number of anilines is 2. The molecule has 3 N–H and O–H groups in total. The number of benzene rings is 2. The van der Waals surface area contributed by atoms with Gasteiger partial charge in [-0.15, -0.1) is 0 Å². The maximum Gasteiger partial charge on any atom is 0.256 e. The molecule has 0 fully saturated rings. The molecule has 0 saturated carbocycles. The molecule has 2 rings (SSSR count). The maximum atomic E-state index is 13.2. The molecule has 0 atom stereocenters. The normalized spacial score (nSPS) is 10.3. The molecule has 0 aromatic heterocycles. The molecule has 0 radical (unpaired) electrons. The van der Waals surface area contributed by atoms with Crippen molar-refractivity contribution in [3.63, 3.8) is 0 Å². The Balaban J connectivity index is 2.28. The zero-order valence-electron chi connectivity index (χ0n) is 10.2. The molecule has 1 amide bonds. The molecule has 0 aliphatic heterocycles. The van der Waals surface area contributed by atoms with Gasteiger partial charge in [-0.25, -0.2) is 4.39 Å². The number of carbonyl (C=O) groups excluding carboxylic acids is 1. The summed E-state index contributed by atoms with van der Waals surface area (Å²) in [6.07, 6.45) is 0. The van der Waals surface area contributed by atoms with Crippen LogP contribution >= 0.6 is 15.9 Å². The minimum absolute atomic E-state index is 0.0578. The van der Waals surface area contributed by atoms with E-state index in [0.29, 0.717) is 15.7 Å². The third kappa shape index (κ3) is 3.12. The van der Waals surface area contributed by atoms with Crippen LogP contribution in [0.3, 0.4) is 0 Å². The van der Waals surface area contributed by atoms with Crippen LogP contribution in [0.4, 0.5) is 15.8 Å². The van der Waals surface area contributed by atoms with Gasteiger partial charge < -0.3 is 11.1 Å². The molecule has 98 valence electrons. The first-order valence-corrected chi connectivity index (χ1v) is 6.39. The molecule has 2 aromatic carbocycles. The molecule has 0 saturated heterocycles. The van der Waals surface area contributed by atoms with Gasteiger partial charge >= 0.3 is 0 Å². The van der Waals surface area contributed by atoms with E-state index >= 15 is 0 Å². The quantitative estimate of drug-likeness (QED) is 0.828.